The Labute approximate surface area is 74.6 Å². The second-order valence-electron chi connectivity index (χ2n) is 3.51. The van der Waals surface area contributed by atoms with E-state index >= 15 is 0 Å². The van der Waals surface area contributed by atoms with Gasteiger partial charge in [-0.1, -0.05) is 27.7 Å². The van der Waals surface area contributed by atoms with Gasteiger partial charge in [0.15, 0.2) is 10.3 Å². The van der Waals surface area contributed by atoms with Crippen LogP contribution in [0.1, 0.15) is 34.1 Å². The maximum atomic E-state index is 11.0. The molecule has 12 heavy (non-hydrogen) atoms. The topological polar surface area (TPSA) is 57.5 Å². The van der Waals surface area contributed by atoms with Crippen molar-refractivity contribution in [2.45, 2.75) is 39.7 Å². The van der Waals surface area contributed by atoms with Crippen LogP contribution >= 0.6 is 0 Å². The number of hydrogen-bond donors (Lipinski definition) is 0. The van der Waals surface area contributed by atoms with Crippen LogP contribution in [0.15, 0.2) is 0 Å². The smallest absolute Gasteiger partial charge is 0.191 e. The van der Waals surface area contributed by atoms with Crippen LogP contribution in [0, 0.1) is 0 Å². The summed E-state index contributed by atoms with van der Waals surface area (Å²) in [7, 11) is -3.68. The summed E-state index contributed by atoms with van der Waals surface area (Å²) in [5, 5.41) is 0. The fourth-order valence-corrected chi connectivity index (χ4v) is 1.65. The Balaban J connectivity index is 4.06. The molecule has 0 aromatic heterocycles. The Morgan fingerprint density at radius 2 is 1.83 bits per heavy atom. The third kappa shape index (κ3) is 6.57. The molecule has 0 atom stereocenters. The van der Waals surface area contributed by atoms with E-state index in [4.69, 9.17) is 0 Å². The van der Waals surface area contributed by atoms with Crippen LogP contribution < -0.4 is 0 Å². The van der Waals surface area contributed by atoms with Crippen molar-refractivity contribution >= 4 is 10.3 Å². The maximum Gasteiger partial charge on any atom is 0.191 e. The fraction of sp³-hybridized carbons (Fsp3) is 1.00. The number of rotatable bonds is 4. The van der Waals surface area contributed by atoms with Crippen molar-refractivity contribution in [3.05, 3.63) is 4.72 Å². The summed E-state index contributed by atoms with van der Waals surface area (Å²) in [6, 6.07) is 0. The Hall–Kier alpha value is -0.130. The summed E-state index contributed by atoms with van der Waals surface area (Å²) < 4.78 is 30.1. The number of hydrogen-bond acceptors (Lipinski definition) is 3. The van der Waals surface area contributed by atoms with Crippen LogP contribution in [-0.4, -0.2) is 20.6 Å². The number of nitrogens with zero attached hydrogens (tertiary/aromatic N) is 1. The van der Waals surface area contributed by atoms with Crippen molar-refractivity contribution in [2.24, 2.45) is 0 Å². The van der Waals surface area contributed by atoms with Gasteiger partial charge in [-0.15, -0.1) is 5.54 Å². The minimum absolute atomic E-state index is 0.196. The monoisotopic (exact) mass is 194 g/mol. The molecule has 0 aliphatic carbocycles. The zero-order valence-corrected chi connectivity index (χ0v) is 8.81. The largest absolute Gasteiger partial charge is 0.520 e. The Morgan fingerprint density at radius 3 is 2.17 bits per heavy atom. The van der Waals surface area contributed by atoms with Crippen molar-refractivity contribution in [1.29, 1.82) is 0 Å². The van der Waals surface area contributed by atoms with Crippen LogP contribution in [0.4, 0.5) is 0 Å². The Kier molecular flexibility index (Phi) is 4.16. The van der Waals surface area contributed by atoms with Gasteiger partial charge in [0.05, 0.1) is 6.61 Å². The molecular weight excluding hydrogens is 178 g/mol. The van der Waals surface area contributed by atoms with Gasteiger partial charge in [0.25, 0.3) is 0 Å². The summed E-state index contributed by atoms with van der Waals surface area (Å²) in [6.07, 6.45) is 0.666. The van der Waals surface area contributed by atoms with Gasteiger partial charge in [0.2, 0.25) is 0 Å². The predicted octanol–water partition coefficient (Wildman–Crippen LogP) is 1.83. The standard InChI is InChI=1S/C7H16NO3S/c1-5-6-11-12(9,10)8-7(2,3)4/h5-6H2,1-4H3/q-1. The molecular formula is C7H16NO3S-. The molecule has 0 heterocycles. The lowest BCUT2D eigenvalue weighted by molar-refractivity contribution is 0.320. The first-order chi connectivity index (χ1) is 5.27. The van der Waals surface area contributed by atoms with Crippen molar-refractivity contribution in [3.63, 3.8) is 0 Å². The second kappa shape index (κ2) is 4.20. The van der Waals surface area contributed by atoms with E-state index in [0.29, 0.717) is 6.42 Å². The average Bonchev–Trinajstić information content (AvgIpc) is 1.78. The lowest BCUT2D eigenvalue weighted by Crippen LogP contribution is -2.19. The first-order valence-corrected chi connectivity index (χ1v) is 5.27. The van der Waals surface area contributed by atoms with E-state index in [2.05, 4.69) is 8.91 Å². The molecule has 0 aliphatic rings. The SMILES string of the molecule is CCCOS(=O)(=O)[N-]C(C)(C)C. The van der Waals surface area contributed by atoms with Gasteiger partial charge >= 0.3 is 0 Å². The third-order valence-corrected chi connectivity index (χ3v) is 2.06. The van der Waals surface area contributed by atoms with Gasteiger partial charge in [-0.05, 0) is 6.42 Å². The van der Waals surface area contributed by atoms with Gasteiger partial charge in [-0.25, -0.2) is 8.42 Å². The highest BCUT2D eigenvalue weighted by Crippen LogP contribution is 2.20. The molecule has 4 nitrogen and oxygen atoms in total. The van der Waals surface area contributed by atoms with Crippen LogP contribution in [0.2, 0.25) is 0 Å². The van der Waals surface area contributed by atoms with E-state index < -0.39 is 15.8 Å². The summed E-state index contributed by atoms with van der Waals surface area (Å²) in [4.78, 5) is 0. The summed E-state index contributed by atoms with van der Waals surface area (Å²) >= 11 is 0. The lowest BCUT2D eigenvalue weighted by Gasteiger charge is -2.34. The molecule has 0 amide bonds. The Morgan fingerprint density at radius 1 is 1.33 bits per heavy atom. The van der Waals surface area contributed by atoms with E-state index in [1.54, 1.807) is 20.8 Å². The van der Waals surface area contributed by atoms with Crippen LogP contribution in [0.3, 0.4) is 0 Å². The van der Waals surface area contributed by atoms with Gasteiger partial charge < -0.3 is 4.72 Å². The molecule has 0 aromatic carbocycles. The minimum Gasteiger partial charge on any atom is -0.520 e. The molecule has 0 saturated carbocycles. The molecule has 5 heteroatoms. The molecule has 0 aliphatic heterocycles. The first kappa shape index (κ1) is 11.9. The van der Waals surface area contributed by atoms with E-state index in [1.165, 1.54) is 0 Å². The molecule has 0 bridgehead atoms. The molecule has 0 unspecified atom stereocenters. The van der Waals surface area contributed by atoms with Gasteiger partial charge in [0, 0.05) is 0 Å². The molecule has 0 fully saturated rings. The maximum absolute atomic E-state index is 11.0. The van der Waals surface area contributed by atoms with Gasteiger partial charge in [0.1, 0.15) is 0 Å². The summed E-state index contributed by atoms with van der Waals surface area (Å²) in [5.41, 5.74) is -0.605. The zero-order valence-electron chi connectivity index (χ0n) is 7.99. The third-order valence-electron chi connectivity index (χ3n) is 0.822. The normalized spacial score (nSPS) is 13.3. The van der Waals surface area contributed by atoms with Crippen LogP contribution in [0.25, 0.3) is 4.72 Å². The summed E-state index contributed by atoms with van der Waals surface area (Å²) in [6.45, 7) is 7.16. The van der Waals surface area contributed by atoms with Gasteiger partial charge in [-0.3, -0.25) is 4.18 Å². The predicted molar refractivity (Wildman–Crippen MR) is 48.3 cm³/mol. The van der Waals surface area contributed by atoms with Gasteiger partial charge in [-0.2, -0.15) is 0 Å². The molecule has 0 aromatic rings. The quantitative estimate of drug-likeness (QED) is 0.686. The lowest BCUT2D eigenvalue weighted by atomic mass is 10.1. The van der Waals surface area contributed by atoms with Crippen molar-refractivity contribution in [3.8, 4) is 0 Å². The first-order valence-electron chi connectivity index (χ1n) is 3.90. The zero-order chi connectivity index (χ0) is 9.83. The molecule has 0 N–H and O–H groups in total. The minimum atomic E-state index is -3.68. The fourth-order valence-electron chi connectivity index (χ4n) is 0.550. The van der Waals surface area contributed by atoms with Crippen molar-refractivity contribution in [1.82, 2.24) is 0 Å². The molecule has 0 radical (unpaired) electrons. The van der Waals surface area contributed by atoms with E-state index in [9.17, 15) is 8.42 Å². The molecule has 0 rings (SSSR count). The molecule has 74 valence electrons. The Bertz CT molecular complexity index is 215. The summed E-state index contributed by atoms with van der Waals surface area (Å²) in [5.74, 6) is 0. The van der Waals surface area contributed by atoms with Crippen LogP contribution in [0.5, 0.6) is 0 Å². The van der Waals surface area contributed by atoms with E-state index in [-0.39, 0.29) is 6.61 Å². The highest BCUT2D eigenvalue weighted by atomic mass is 32.2. The van der Waals surface area contributed by atoms with Crippen LogP contribution in [-0.2, 0) is 14.5 Å². The molecule has 0 saturated heterocycles. The van der Waals surface area contributed by atoms with Crippen molar-refractivity contribution < 1.29 is 12.6 Å². The van der Waals surface area contributed by atoms with Crippen molar-refractivity contribution in [2.75, 3.05) is 6.61 Å². The second-order valence-corrected chi connectivity index (χ2v) is 4.79. The van der Waals surface area contributed by atoms with E-state index in [0.717, 1.165) is 0 Å². The average molecular weight is 194 g/mol. The van der Waals surface area contributed by atoms with E-state index in [1.807, 2.05) is 6.92 Å². The molecule has 0 spiro atoms. The highest BCUT2D eigenvalue weighted by molar-refractivity contribution is 7.89. The highest BCUT2D eigenvalue weighted by Gasteiger charge is 2.06.